The second-order valence-corrected chi connectivity index (χ2v) is 6.07. The summed E-state index contributed by atoms with van der Waals surface area (Å²) in [6.07, 6.45) is 0. The first-order valence-corrected chi connectivity index (χ1v) is 8.47. The number of carbonyl (C=O) groups is 3. The minimum absolute atomic E-state index is 0.284. The molecule has 2 amide bonds. The quantitative estimate of drug-likeness (QED) is 0.684. The first-order chi connectivity index (χ1) is 12.9. The van der Waals surface area contributed by atoms with Gasteiger partial charge in [0.1, 0.15) is 12.3 Å². The van der Waals surface area contributed by atoms with Gasteiger partial charge in [-0.15, -0.1) is 0 Å². The summed E-state index contributed by atoms with van der Waals surface area (Å²) in [7, 11) is 1.48. The molecule has 0 aliphatic rings. The van der Waals surface area contributed by atoms with Crippen LogP contribution in [0, 0.1) is 0 Å². The van der Waals surface area contributed by atoms with Crippen LogP contribution in [0.2, 0.25) is 10.0 Å². The van der Waals surface area contributed by atoms with Crippen molar-refractivity contribution >= 4 is 46.7 Å². The molecule has 0 aliphatic carbocycles. The van der Waals surface area contributed by atoms with Gasteiger partial charge in [0, 0.05) is 11.3 Å². The SMILES string of the molecule is COc1cccc(C(=O)NCC(=O)OCC(=O)Nc2ccc(Cl)c(Cl)c2)c1. The van der Waals surface area contributed by atoms with Crippen molar-refractivity contribution in [2.24, 2.45) is 0 Å². The predicted octanol–water partition coefficient (Wildman–Crippen LogP) is 2.91. The number of rotatable bonds is 7. The summed E-state index contributed by atoms with van der Waals surface area (Å²) in [5, 5.41) is 5.55. The molecule has 0 saturated heterocycles. The van der Waals surface area contributed by atoms with Crippen molar-refractivity contribution in [1.82, 2.24) is 5.32 Å². The van der Waals surface area contributed by atoms with Crippen molar-refractivity contribution in [2.75, 3.05) is 25.6 Å². The van der Waals surface area contributed by atoms with E-state index in [-0.39, 0.29) is 11.6 Å². The molecule has 2 rings (SSSR count). The number of ether oxygens (including phenoxy) is 2. The predicted molar refractivity (Wildman–Crippen MR) is 101 cm³/mol. The second kappa shape index (κ2) is 9.80. The molecule has 0 aromatic heterocycles. The Kier molecular flexibility index (Phi) is 7.45. The van der Waals surface area contributed by atoms with Gasteiger partial charge in [-0.3, -0.25) is 14.4 Å². The standard InChI is InChI=1S/C18H16Cl2N2O5/c1-26-13-4-2-3-11(7-13)18(25)21-9-17(24)27-10-16(23)22-12-5-6-14(19)15(20)8-12/h2-8H,9-10H2,1H3,(H,21,25)(H,22,23). The molecule has 0 bridgehead atoms. The van der Waals surface area contributed by atoms with E-state index in [0.717, 1.165) is 0 Å². The number of esters is 1. The molecule has 2 aromatic rings. The summed E-state index contributed by atoms with van der Waals surface area (Å²) in [4.78, 5) is 35.4. The number of hydrogen-bond donors (Lipinski definition) is 2. The smallest absolute Gasteiger partial charge is 0.325 e. The van der Waals surface area contributed by atoms with E-state index in [1.165, 1.54) is 25.3 Å². The van der Waals surface area contributed by atoms with Crippen LogP contribution < -0.4 is 15.4 Å². The Balaban J connectivity index is 1.75. The van der Waals surface area contributed by atoms with Crippen LogP contribution in [0.4, 0.5) is 5.69 Å². The Morgan fingerprint density at radius 1 is 1.04 bits per heavy atom. The summed E-state index contributed by atoms with van der Waals surface area (Å²) in [6.45, 7) is -0.885. The molecule has 142 valence electrons. The second-order valence-electron chi connectivity index (χ2n) is 5.25. The topological polar surface area (TPSA) is 93.7 Å². The van der Waals surface area contributed by atoms with Crippen LogP contribution in [0.15, 0.2) is 42.5 Å². The number of anilines is 1. The van der Waals surface area contributed by atoms with E-state index in [9.17, 15) is 14.4 Å². The van der Waals surface area contributed by atoms with E-state index in [0.29, 0.717) is 22.0 Å². The van der Waals surface area contributed by atoms with Crippen molar-refractivity contribution in [3.8, 4) is 5.75 Å². The lowest BCUT2D eigenvalue weighted by molar-refractivity contribution is -0.146. The van der Waals surface area contributed by atoms with Gasteiger partial charge >= 0.3 is 5.97 Å². The monoisotopic (exact) mass is 410 g/mol. The molecule has 2 N–H and O–H groups in total. The molecular weight excluding hydrogens is 395 g/mol. The maximum absolute atomic E-state index is 12.0. The van der Waals surface area contributed by atoms with Gasteiger partial charge in [-0.25, -0.2) is 0 Å². The average molecular weight is 411 g/mol. The van der Waals surface area contributed by atoms with Crippen LogP contribution in [0.1, 0.15) is 10.4 Å². The fourth-order valence-electron chi connectivity index (χ4n) is 1.99. The first-order valence-electron chi connectivity index (χ1n) is 7.72. The summed E-state index contributed by atoms with van der Waals surface area (Å²) in [6, 6.07) is 11.0. The summed E-state index contributed by atoms with van der Waals surface area (Å²) in [5.74, 6) is -1.26. The lowest BCUT2D eigenvalue weighted by Gasteiger charge is -2.08. The highest BCUT2D eigenvalue weighted by atomic mass is 35.5. The van der Waals surface area contributed by atoms with Crippen LogP contribution >= 0.6 is 23.2 Å². The summed E-state index contributed by atoms with van der Waals surface area (Å²) >= 11 is 11.6. The summed E-state index contributed by atoms with van der Waals surface area (Å²) < 4.78 is 9.84. The molecule has 0 radical (unpaired) electrons. The number of amides is 2. The fourth-order valence-corrected chi connectivity index (χ4v) is 2.28. The minimum atomic E-state index is -0.754. The maximum Gasteiger partial charge on any atom is 0.325 e. The minimum Gasteiger partial charge on any atom is -0.497 e. The van der Waals surface area contributed by atoms with Crippen molar-refractivity contribution in [1.29, 1.82) is 0 Å². The fraction of sp³-hybridized carbons (Fsp3) is 0.167. The van der Waals surface area contributed by atoms with Crippen LogP contribution in [-0.2, 0) is 14.3 Å². The molecule has 0 heterocycles. The molecule has 27 heavy (non-hydrogen) atoms. The van der Waals surface area contributed by atoms with E-state index in [1.54, 1.807) is 24.3 Å². The highest BCUT2D eigenvalue weighted by Crippen LogP contribution is 2.24. The first kappa shape index (κ1) is 20.5. The van der Waals surface area contributed by atoms with Crippen LogP contribution in [-0.4, -0.2) is 38.0 Å². The number of benzene rings is 2. The molecule has 0 unspecified atom stereocenters. The largest absolute Gasteiger partial charge is 0.497 e. The third-order valence-electron chi connectivity index (χ3n) is 3.29. The Morgan fingerprint density at radius 3 is 2.52 bits per heavy atom. The molecule has 7 nitrogen and oxygen atoms in total. The molecule has 0 aliphatic heterocycles. The van der Waals surface area contributed by atoms with Crippen LogP contribution in [0.5, 0.6) is 5.75 Å². The Morgan fingerprint density at radius 2 is 1.81 bits per heavy atom. The number of methoxy groups -OCH3 is 1. The van der Waals surface area contributed by atoms with E-state index in [1.807, 2.05) is 0 Å². The van der Waals surface area contributed by atoms with Crippen LogP contribution in [0.3, 0.4) is 0 Å². The number of nitrogens with one attached hydrogen (secondary N) is 2. The van der Waals surface area contributed by atoms with Gasteiger partial charge in [0.25, 0.3) is 11.8 Å². The molecule has 9 heteroatoms. The van der Waals surface area contributed by atoms with Gasteiger partial charge in [-0.1, -0.05) is 29.3 Å². The normalized spacial score (nSPS) is 10.0. The van der Waals surface area contributed by atoms with Crippen molar-refractivity contribution < 1.29 is 23.9 Å². The molecule has 0 spiro atoms. The number of hydrogen-bond acceptors (Lipinski definition) is 5. The van der Waals surface area contributed by atoms with E-state index in [2.05, 4.69) is 10.6 Å². The van der Waals surface area contributed by atoms with Crippen molar-refractivity contribution in [3.63, 3.8) is 0 Å². The van der Waals surface area contributed by atoms with Gasteiger partial charge in [-0.05, 0) is 36.4 Å². The van der Waals surface area contributed by atoms with E-state index < -0.39 is 24.4 Å². The zero-order chi connectivity index (χ0) is 19.8. The van der Waals surface area contributed by atoms with E-state index >= 15 is 0 Å². The van der Waals surface area contributed by atoms with Gasteiger partial charge in [0.05, 0.1) is 17.2 Å². The Bertz CT molecular complexity index is 857. The van der Waals surface area contributed by atoms with Crippen molar-refractivity contribution in [3.05, 3.63) is 58.1 Å². The molecule has 0 fully saturated rings. The van der Waals surface area contributed by atoms with Gasteiger partial charge < -0.3 is 20.1 Å². The third-order valence-corrected chi connectivity index (χ3v) is 4.03. The molecule has 0 atom stereocenters. The number of halogens is 2. The Hall–Kier alpha value is -2.77. The Labute approximate surface area is 165 Å². The molecule has 0 saturated carbocycles. The van der Waals surface area contributed by atoms with Gasteiger partial charge in [-0.2, -0.15) is 0 Å². The summed E-state index contributed by atoms with van der Waals surface area (Å²) in [5.41, 5.74) is 0.747. The van der Waals surface area contributed by atoms with Gasteiger partial charge in [0.15, 0.2) is 6.61 Å². The average Bonchev–Trinajstić information content (AvgIpc) is 2.67. The zero-order valence-corrected chi connectivity index (χ0v) is 15.8. The van der Waals surface area contributed by atoms with Crippen molar-refractivity contribution in [2.45, 2.75) is 0 Å². The van der Waals surface area contributed by atoms with Gasteiger partial charge in [0.2, 0.25) is 0 Å². The molecule has 2 aromatic carbocycles. The lowest BCUT2D eigenvalue weighted by Crippen LogP contribution is -2.32. The maximum atomic E-state index is 12.0. The highest BCUT2D eigenvalue weighted by Gasteiger charge is 2.12. The zero-order valence-electron chi connectivity index (χ0n) is 14.3. The number of carbonyl (C=O) groups excluding carboxylic acids is 3. The van der Waals surface area contributed by atoms with E-state index in [4.69, 9.17) is 32.7 Å². The third kappa shape index (κ3) is 6.47. The van der Waals surface area contributed by atoms with Crippen LogP contribution in [0.25, 0.3) is 0 Å². The highest BCUT2D eigenvalue weighted by molar-refractivity contribution is 6.42. The lowest BCUT2D eigenvalue weighted by atomic mass is 10.2. The molecular formula is C18H16Cl2N2O5.